The number of hydrogen-bond donors (Lipinski definition) is 1. The van der Waals surface area contributed by atoms with Gasteiger partial charge in [-0.3, -0.25) is 4.79 Å². The smallest absolute Gasteiger partial charge is 0.320 e. The Morgan fingerprint density at radius 2 is 1.44 bits per heavy atom. The molecule has 2 aromatic rings. The fourth-order valence-corrected chi connectivity index (χ4v) is 4.98. The molecule has 0 radical (unpaired) electrons. The summed E-state index contributed by atoms with van der Waals surface area (Å²) in [6.07, 6.45) is 1.88. The van der Waals surface area contributed by atoms with Gasteiger partial charge >= 0.3 is 6.03 Å². The number of piperidine rings is 1. The molecule has 2 aromatic carbocycles. The molecule has 2 amide bonds. The lowest BCUT2D eigenvalue weighted by molar-refractivity contribution is -0.128. The van der Waals surface area contributed by atoms with Crippen LogP contribution in [0.15, 0.2) is 48.5 Å². The molecule has 182 valence electrons. The maximum absolute atomic E-state index is 13.6. The number of amides is 2. The lowest BCUT2D eigenvalue weighted by Gasteiger charge is -2.39. The molecule has 2 fully saturated rings. The number of nitrogens with two attached hydrogens (primary N) is 1. The number of likely N-dealkylation sites (tertiary alicyclic amines) is 1. The highest BCUT2D eigenvalue weighted by molar-refractivity contribution is 5.86. The number of ether oxygens (including phenoxy) is 1. The van der Waals surface area contributed by atoms with Crippen LogP contribution < -0.4 is 5.73 Å². The van der Waals surface area contributed by atoms with Gasteiger partial charge in [0.2, 0.25) is 0 Å². The number of carbonyl (C=O) groups excluding carboxylic acids is 2. The largest absolute Gasteiger partial charge is 0.369 e. The number of Topliss-reactive ketones (excluding diaryl/α,β-unsaturated/α-hetero) is 1. The van der Waals surface area contributed by atoms with Crippen molar-refractivity contribution in [1.29, 1.82) is 0 Å². The van der Waals surface area contributed by atoms with E-state index < -0.39 is 0 Å². The van der Waals surface area contributed by atoms with Crippen molar-refractivity contribution in [3.05, 3.63) is 71.3 Å². The van der Waals surface area contributed by atoms with Crippen LogP contribution in [0.3, 0.4) is 0 Å². The van der Waals surface area contributed by atoms with E-state index in [1.165, 1.54) is 24.3 Å². The molecule has 1 atom stereocenters. The van der Waals surface area contributed by atoms with Crippen LogP contribution >= 0.6 is 0 Å². The lowest BCUT2D eigenvalue weighted by Crippen LogP contribution is -2.51. The van der Waals surface area contributed by atoms with Crippen LogP contribution in [0, 0.1) is 17.6 Å². The minimum atomic E-state index is -0.299. The molecule has 2 N–H and O–H groups in total. The number of carbonyl (C=O) groups is 2. The summed E-state index contributed by atoms with van der Waals surface area (Å²) in [6, 6.07) is 12.8. The minimum Gasteiger partial charge on any atom is -0.369 e. The molecule has 0 spiro atoms. The minimum absolute atomic E-state index is 0.0231. The van der Waals surface area contributed by atoms with Gasteiger partial charge in [-0.1, -0.05) is 24.3 Å². The Morgan fingerprint density at radius 1 is 0.912 bits per heavy atom. The van der Waals surface area contributed by atoms with Crippen molar-refractivity contribution in [2.45, 2.75) is 31.3 Å². The molecule has 0 aromatic heterocycles. The van der Waals surface area contributed by atoms with Crippen LogP contribution in [0.5, 0.6) is 0 Å². The number of nitrogens with zero attached hydrogens (tertiary/aromatic N) is 2. The van der Waals surface area contributed by atoms with Crippen LogP contribution in [0.1, 0.15) is 36.3 Å². The highest BCUT2D eigenvalue weighted by Crippen LogP contribution is 2.38. The van der Waals surface area contributed by atoms with E-state index in [0.717, 1.165) is 24.0 Å². The van der Waals surface area contributed by atoms with E-state index >= 15 is 0 Å². The molecule has 8 heteroatoms. The molecule has 2 aliphatic heterocycles. The second-order valence-corrected chi connectivity index (χ2v) is 9.11. The Hall–Kier alpha value is -2.84. The molecule has 0 unspecified atom stereocenters. The van der Waals surface area contributed by atoms with Gasteiger partial charge in [0, 0.05) is 32.1 Å². The first-order valence-corrected chi connectivity index (χ1v) is 11.8. The normalized spacial score (nSPS) is 20.4. The number of rotatable bonds is 4. The third-order valence-electron chi connectivity index (χ3n) is 6.84. The van der Waals surface area contributed by atoms with Crippen molar-refractivity contribution in [1.82, 2.24) is 9.80 Å². The summed E-state index contributed by atoms with van der Waals surface area (Å²) in [5, 5.41) is 0. The van der Waals surface area contributed by atoms with Crippen LogP contribution in [0.2, 0.25) is 0 Å². The molecule has 4 rings (SSSR count). The van der Waals surface area contributed by atoms with E-state index in [1.54, 1.807) is 34.1 Å². The highest BCUT2D eigenvalue weighted by Gasteiger charge is 2.33. The van der Waals surface area contributed by atoms with Crippen LogP contribution in [0.4, 0.5) is 13.6 Å². The Bertz CT molecular complexity index is 930. The predicted octanol–water partition coefficient (Wildman–Crippen LogP) is 3.55. The monoisotopic (exact) mass is 471 g/mol. The Balaban J connectivity index is 1.45. The average molecular weight is 472 g/mol. The number of benzene rings is 2. The van der Waals surface area contributed by atoms with E-state index in [9.17, 15) is 18.4 Å². The molecule has 2 saturated heterocycles. The Labute approximate surface area is 198 Å². The van der Waals surface area contributed by atoms with Crippen molar-refractivity contribution >= 4 is 11.8 Å². The number of urea groups is 1. The van der Waals surface area contributed by atoms with Crippen LogP contribution in [-0.4, -0.2) is 67.0 Å². The van der Waals surface area contributed by atoms with Gasteiger partial charge in [-0.2, -0.15) is 0 Å². The van der Waals surface area contributed by atoms with Gasteiger partial charge in [0.25, 0.3) is 0 Å². The summed E-state index contributed by atoms with van der Waals surface area (Å²) >= 11 is 0. The molecule has 6 nitrogen and oxygen atoms in total. The molecule has 0 aliphatic carbocycles. The summed E-state index contributed by atoms with van der Waals surface area (Å²) in [6.45, 7) is 1.89. The van der Waals surface area contributed by atoms with Crippen molar-refractivity contribution in [3.8, 4) is 0 Å². The predicted molar refractivity (Wildman–Crippen MR) is 124 cm³/mol. The lowest BCUT2D eigenvalue weighted by atomic mass is 9.76. The molecule has 2 aliphatic rings. The molecule has 0 bridgehead atoms. The first kappa shape index (κ1) is 24.3. The van der Waals surface area contributed by atoms with Crippen molar-refractivity contribution in [2.24, 2.45) is 11.7 Å². The first-order valence-electron chi connectivity index (χ1n) is 11.8. The zero-order chi connectivity index (χ0) is 24.1. The van der Waals surface area contributed by atoms with Crippen LogP contribution in [-0.2, 0) is 9.53 Å². The van der Waals surface area contributed by atoms with Gasteiger partial charge in [-0.15, -0.1) is 0 Å². The second-order valence-electron chi connectivity index (χ2n) is 9.11. The fourth-order valence-electron chi connectivity index (χ4n) is 4.98. The molecule has 34 heavy (non-hydrogen) atoms. The maximum atomic E-state index is 13.6. The number of halogens is 2. The molecule has 0 saturated carbocycles. The highest BCUT2D eigenvalue weighted by atomic mass is 19.1. The SMILES string of the molecule is NC[C@@H]1CCN(C(=O)N2CCC(C(c3ccc(F)cc3)c3ccc(F)cc3)CC2)CC(=O)CO1. The number of ketones is 1. The second kappa shape index (κ2) is 11.1. The van der Waals surface area contributed by atoms with Gasteiger partial charge in [-0.25, -0.2) is 13.6 Å². The van der Waals surface area contributed by atoms with Crippen molar-refractivity contribution in [3.63, 3.8) is 0 Å². The zero-order valence-electron chi connectivity index (χ0n) is 19.2. The van der Waals surface area contributed by atoms with Gasteiger partial charge in [0.15, 0.2) is 5.78 Å². The summed E-state index contributed by atoms with van der Waals surface area (Å²) in [5.41, 5.74) is 7.64. The summed E-state index contributed by atoms with van der Waals surface area (Å²) < 4.78 is 32.6. The first-order chi connectivity index (χ1) is 16.4. The topological polar surface area (TPSA) is 75.9 Å². The number of hydrogen-bond acceptors (Lipinski definition) is 4. The molecular weight excluding hydrogens is 440 g/mol. The van der Waals surface area contributed by atoms with Crippen LogP contribution in [0.25, 0.3) is 0 Å². The average Bonchev–Trinajstić information content (AvgIpc) is 2.84. The van der Waals surface area contributed by atoms with Gasteiger partial charge in [0.05, 0.1) is 12.6 Å². The standard InChI is InChI=1S/C26H31F2N3O3/c27-21-5-1-18(2-6-21)25(19-3-7-22(28)8-4-19)20-9-12-30(13-10-20)26(33)31-14-11-24(15-29)34-17-23(32)16-31/h1-8,20,24-25H,9-17,29H2/t24-/m0/s1. The third-order valence-corrected chi connectivity index (χ3v) is 6.84. The van der Waals surface area contributed by atoms with Crippen molar-refractivity contribution in [2.75, 3.05) is 39.3 Å². The van der Waals surface area contributed by atoms with E-state index in [0.29, 0.717) is 32.6 Å². The molecule has 2 heterocycles. The quantitative estimate of drug-likeness (QED) is 0.740. The Kier molecular flexibility index (Phi) is 7.90. The summed E-state index contributed by atoms with van der Waals surface area (Å²) in [7, 11) is 0. The maximum Gasteiger partial charge on any atom is 0.320 e. The van der Waals surface area contributed by atoms with E-state index in [4.69, 9.17) is 10.5 Å². The Morgan fingerprint density at radius 3 is 1.97 bits per heavy atom. The van der Waals surface area contributed by atoms with Gasteiger partial charge < -0.3 is 20.3 Å². The summed E-state index contributed by atoms with van der Waals surface area (Å²) in [5.74, 6) is -0.540. The fraction of sp³-hybridized carbons (Fsp3) is 0.462. The van der Waals surface area contributed by atoms with E-state index in [1.807, 2.05) is 0 Å². The third kappa shape index (κ3) is 5.80. The molecular formula is C26H31F2N3O3. The van der Waals surface area contributed by atoms with Gasteiger partial charge in [0.1, 0.15) is 18.2 Å². The zero-order valence-corrected chi connectivity index (χ0v) is 19.2. The van der Waals surface area contributed by atoms with E-state index in [-0.39, 0.29) is 54.5 Å². The van der Waals surface area contributed by atoms with Gasteiger partial charge in [-0.05, 0) is 60.6 Å². The van der Waals surface area contributed by atoms with Crippen molar-refractivity contribution < 1.29 is 23.1 Å². The van der Waals surface area contributed by atoms with E-state index in [2.05, 4.69) is 0 Å². The summed E-state index contributed by atoms with van der Waals surface area (Å²) in [4.78, 5) is 28.8.